The van der Waals surface area contributed by atoms with E-state index in [1.54, 1.807) is 0 Å². The molecule has 0 aromatic rings. The lowest BCUT2D eigenvalue weighted by molar-refractivity contribution is -0.153. The third kappa shape index (κ3) is 0.846. The second-order valence-corrected chi connectivity index (χ2v) is 6.38. The smallest absolute Gasteiger partial charge is 0.311 e. The number of fused-ring (bicyclic) bond motifs is 2. The Bertz CT molecular complexity index is 363. The molecule has 0 aliphatic heterocycles. The highest BCUT2D eigenvalue weighted by atomic mass is 79.9. The van der Waals surface area contributed by atoms with E-state index in [1.807, 2.05) is 20.8 Å². The van der Waals surface area contributed by atoms with Gasteiger partial charge in [0.1, 0.15) is 0 Å². The van der Waals surface area contributed by atoms with Crippen molar-refractivity contribution in [3.05, 3.63) is 0 Å². The number of carboxylic acid groups (broad SMARTS) is 1. The Labute approximate surface area is 97.4 Å². The average Bonchev–Trinajstić information content (AvgIpc) is 2.39. The number of ketones is 1. The molecule has 0 radical (unpaired) electrons. The predicted molar refractivity (Wildman–Crippen MR) is 58.9 cm³/mol. The fourth-order valence-electron chi connectivity index (χ4n) is 3.43. The third-order valence-corrected chi connectivity index (χ3v) is 6.30. The molecule has 0 unspecified atom stereocenters. The number of aliphatic carboxylic acids is 1. The van der Waals surface area contributed by atoms with Crippen LogP contribution >= 0.6 is 15.9 Å². The van der Waals surface area contributed by atoms with E-state index in [0.717, 1.165) is 0 Å². The van der Waals surface area contributed by atoms with E-state index in [2.05, 4.69) is 15.9 Å². The Morgan fingerprint density at radius 3 is 2.20 bits per heavy atom. The highest BCUT2D eigenvalue weighted by molar-refractivity contribution is 9.10. The maximum atomic E-state index is 12.1. The summed E-state index contributed by atoms with van der Waals surface area (Å²) in [5.74, 6) is -0.787. The summed E-state index contributed by atoms with van der Waals surface area (Å²) in [5, 5.41) is 9.45. The molecule has 3 atom stereocenters. The molecule has 0 spiro atoms. The van der Waals surface area contributed by atoms with Gasteiger partial charge in [-0.15, -0.1) is 0 Å². The van der Waals surface area contributed by atoms with Gasteiger partial charge in [-0.1, -0.05) is 36.7 Å². The minimum atomic E-state index is -0.918. The summed E-state index contributed by atoms with van der Waals surface area (Å²) in [6.45, 7) is 5.72. The molecular weight excluding hydrogens is 260 g/mol. The molecule has 15 heavy (non-hydrogen) atoms. The highest BCUT2D eigenvalue weighted by Crippen LogP contribution is 2.72. The van der Waals surface area contributed by atoms with Crippen molar-refractivity contribution >= 4 is 27.7 Å². The number of carbonyl (C=O) groups is 2. The Hall–Kier alpha value is -0.380. The van der Waals surface area contributed by atoms with Gasteiger partial charge in [-0.25, -0.2) is 0 Å². The zero-order valence-electron chi connectivity index (χ0n) is 9.13. The van der Waals surface area contributed by atoms with Crippen LogP contribution in [0.25, 0.3) is 0 Å². The Balaban J connectivity index is 2.68. The SMILES string of the molecule is CC1(C)[C@]2(C(=O)O)CC[C@]1(C)C(=O)[C@H]2Br. The number of rotatable bonds is 1. The maximum Gasteiger partial charge on any atom is 0.311 e. The summed E-state index contributed by atoms with van der Waals surface area (Å²) in [7, 11) is 0. The zero-order valence-corrected chi connectivity index (χ0v) is 10.7. The number of alkyl halides is 1. The summed E-state index contributed by atoms with van der Waals surface area (Å²) >= 11 is 3.30. The molecule has 84 valence electrons. The number of carboxylic acids is 1. The van der Waals surface area contributed by atoms with Crippen molar-refractivity contribution in [1.82, 2.24) is 0 Å². The summed E-state index contributed by atoms with van der Waals surface area (Å²) < 4.78 is 0. The first-order valence-corrected chi connectivity index (χ1v) is 6.05. The van der Waals surface area contributed by atoms with E-state index in [-0.39, 0.29) is 5.78 Å². The number of carbonyl (C=O) groups excluding carboxylic acids is 1. The molecule has 0 heterocycles. The average molecular weight is 275 g/mol. The molecule has 0 saturated heterocycles. The molecule has 2 bridgehead atoms. The third-order valence-electron chi connectivity index (χ3n) is 5.10. The highest BCUT2D eigenvalue weighted by Gasteiger charge is 2.77. The lowest BCUT2D eigenvalue weighted by Crippen LogP contribution is -2.44. The van der Waals surface area contributed by atoms with E-state index >= 15 is 0 Å². The van der Waals surface area contributed by atoms with Gasteiger partial charge in [0.25, 0.3) is 0 Å². The van der Waals surface area contributed by atoms with Gasteiger partial charge < -0.3 is 5.11 Å². The fraction of sp³-hybridized carbons (Fsp3) is 0.818. The molecule has 3 nitrogen and oxygen atoms in total. The van der Waals surface area contributed by atoms with E-state index in [4.69, 9.17) is 0 Å². The van der Waals surface area contributed by atoms with Crippen LogP contribution in [-0.2, 0) is 9.59 Å². The summed E-state index contributed by atoms with van der Waals surface area (Å²) in [5.41, 5.74) is -1.88. The number of hydrogen-bond donors (Lipinski definition) is 1. The Morgan fingerprint density at radius 1 is 1.40 bits per heavy atom. The normalized spacial score (nSPS) is 47.2. The van der Waals surface area contributed by atoms with Crippen LogP contribution in [0.4, 0.5) is 0 Å². The largest absolute Gasteiger partial charge is 0.481 e. The van der Waals surface area contributed by atoms with Crippen molar-refractivity contribution < 1.29 is 14.7 Å². The van der Waals surface area contributed by atoms with Crippen molar-refractivity contribution in [2.75, 3.05) is 0 Å². The van der Waals surface area contributed by atoms with Crippen molar-refractivity contribution in [2.24, 2.45) is 16.2 Å². The summed E-state index contributed by atoms with van der Waals surface area (Å²) in [6, 6.07) is 0. The lowest BCUT2D eigenvalue weighted by Gasteiger charge is -2.37. The van der Waals surface area contributed by atoms with Gasteiger partial charge in [-0.2, -0.15) is 0 Å². The topological polar surface area (TPSA) is 54.4 Å². The quantitative estimate of drug-likeness (QED) is 0.746. The molecule has 2 saturated carbocycles. The van der Waals surface area contributed by atoms with Crippen LogP contribution in [0.3, 0.4) is 0 Å². The molecule has 0 aromatic heterocycles. The van der Waals surface area contributed by atoms with E-state index in [0.29, 0.717) is 12.8 Å². The standard InChI is InChI=1S/C11H15BrO3/c1-9(2)10(3)4-5-11(9,8(14)15)6(12)7(10)13/h6H,4-5H2,1-3H3,(H,14,15)/t6-,10-,11-/m1/s1. The molecule has 0 amide bonds. The van der Waals surface area contributed by atoms with Gasteiger partial charge in [0.15, 0.2) is 5.78 Å². The number of hydrogen-bond acceptors (Lipinski definition) is 2. The van der Waals surface area contributed by atoms with Crippen LogP contribution in [0.2, 0.25) is 0 Å². The molecular formula is C11H15BrO3. The zero-order chi connectivity index (χ0) is 11.6. The second-order valence-electron chi connectivity index (χ2n) is 5.46. The minimum Gasteiger partial charge on any atom is -0.481 e. The van der Waals surface area contributed by atoms with Gasteiger partial charge >= 0.3 is 5.97 Å². The van der Waals surface area contributed by atoms with Gasteiger partial charge in [0, 0.05) is 5.41 Å². The van der Waals surface area contributed by atoms with Crippen LogP contribution in [0.5, 0.6) is 0 Å². The molecule has 2 aliphatic rings. The van der Waals surface area contributed by atoms with E-state index in [9.17, 15) is 14.7 Å². The summed E-state index contributed by atoms with van der Waals surface area (Å²) in [4.78, 5) is 23.1. The molecule has 2 rings (SSSR count). The van der Waals surface area contributed by atoms with Crippen molar-refractivity contribution in [3.8, 4) is 0 Å². The first kappa shape index (κ1) is 11.1. The van der Waals surface area contributed by atoms with Crippen LogP contribution in [-0.4, -0.2) is 21.7 Å². The Kier molecular flexibility index (Phi) is 1.96. The minimum absolute atomic E-state index is 0.0566. The van der Waals surface area contributed by atoms with Crippen LogP contribution < -0.4 is 0 Å². The van der Waals surface area contributed by atoms with Gasteiger partial charge in [-0.05, 0) is 18.3 Å². The van der Waals surface area contributed by atoms with E-state index in [1.165, 1.54) is 0 Å². The van der Waals surface area contributed by atoms with Crippen LogP contribution in [0.1, 0.15) is 33.6 Å². The van der Waals surface area contributed by atoms with E-state index < -0.39 is 27.0 Å². The van der Waals surface area contributed by atoms with Crippen molar-refractivity contribution in [1.29, 1.82) is 0 Å². The molecule has 2 fully saturated rings. The van der Waals surface area contributed by atoms with Gasteiger partial charge in [0.05, 0.1) is 10.2 Å². The molecule has 0 aromatic carbocycles. The second kappa shape index (κ2) is 2.65. The first-order valence-electron chi connectivity index (χ1n) is 5.13. The lowest BCUT2D eigenvalue weighted by atomic mass is 9.65. The maximum absolute atomic E-state index is 12.1. The fourth-order valence-corrected chi connectivity index (χ4v) is 4.93. The van der Waals surface area contributed by atoms with Gasteiger partial charge in [-0.3, -0.25) is 9.59 Å². The molecule has 2 aliphatic carbocycles. The summed E-state index contributed by atoms with van der Waals surface area (Å²) in [6.07, 6.45) is 1.28. The molecule has 4 heteroatoms. The Morgan fingerprint density at radius 2 is 1.93 bits per heavy atom. The first-order chi connectivity index (χ1) is 6.72. The predicted octanol–water partition coefficient (Wildman–Crippen LogP) is 2.23. The number of halogens is 1. The van der Waals surface area contributed by atoms with Gasteiger partial charge in [0.2, 0.25) is 0 Å². The monoisotopic (exact) mass is 274 g/mol. The van der Waals surface area contributed by atoms with Crippen molar-refractivity contribution in [2.45, 2.75) is 38.4 Å². The number of Topliss-reactive ketones (excluding diaryl/α,β-unsaturated/α-hetero) is 1. The molecule has 1 N–H and O–H groups in total. The van der Waals surface area contributed by atoms with Crippen molar-refractivity contribution in [3.63, 3.8) is 0 Å². The van der Waals surface area contributed by atoms with Crippen LogP contribution in [0, 0.1) is 16.2 Å². The van der Waals surface area contributed by atoms with Crippen LogP contribution in [0.15, 0.2) is 0 Å².